The topological polar surface area (TPSA) is 74.2 Å². The number of nitrogens with one attached hydrogen (secondary N) is 2. The maximum Gasteiger partial charge on any atom is 0.314 e. The van der Waals surface area contributed by atoms with Crippen LogP contribution >= 0.6 is 0 Å². The number of nitrogens with zero attached hydrogens (tertiary/aromatic N) is 1. The Morgan fingerprint density at radius 2 is 1.86 bits per heavy atom. The zero-order chi connectivity index (χ0) is 15.8. The number of aromatic nitrogens is 1. The quantitative estimate of drug-likeness (QED) is 0.732. The molecule has 0 aliphatic heterocycles. The van der Waals surface area contributed by atoms with Crippen molar-refractivity contribution in [1.29, 1.82) is 0 Å². The van der Waals surface area contributed by atoms with Gasteiger partial charge in [-0.25, -0.2) is 4.79 Å². The highest BCUT2D eigenvalue weighted by Gasteiger charge is 2.26. The summed E-state index contributed by atoms with van der Waals surface area (Å²) < 4.78 is 0. The van der Waals surface area contributed by atoms with E-state index >= 15 is 0 Å². The van der Waals surface area contributed by atoms with Crippen molar-refractivity contribution in [3.63, 3.8) is 0 Å². The van der Waals surface area contributed by atoms with Crippen molar-refractivity contribution in [2.45, 2.75) is 51.6 Å². The van der Waals surface area contributed by atoms with Crippen LogP contribution in [0.15, 0.2) is 24.5 Å². The number of amides is 2. The minimum absolute atomic E-state index is 0.201. The number of urea groups is 1. The Balaban J connectivity index is 1.71. The smallest absolute Gasteiger partial charge is 0.314 e. The lowest BCUT2D eigenvalue weighted by Crippen LogP contribution is -2.42. The van der Waals surface area contributed by atoms with Crippen molar-refractivity contribution in [3.8, 4) is 0 Å². The first-order chi connectivity index (χ1) is 10.6. The molecule has 122 valence electrons. The minimum Gasteiger partial charge on any atom is -0.387 e. The monoisotopic (exact) mass is 305 g/mol. The van der Waals surface area contributed by atoms with Crippen LogP contribution in [0.5, 0.6) is 0 Å². The Bertz CT molecular complexity index is 456. The van der Waals surface area contributed by atoms with E-state index in [9.17, 15) is 9.90 Å². The molecule has 3 N–H and O–H groups in total. The standard InChI is InChI=1S/C17H27N3O2/c1-17(8-4-2-3-5-9-17)13-20-16(22)19-12-15(21)14-6-10-18-11-7-14/h6-7,10-11,15,21H,2-5,8-9,12-13H2,1H3,(H2,19,20,22). The minimum atomic E-state index is -0.706. The van der Waals surface area contributed by atoms with Crippen LogP contribution in [0, 0.1) is 5.41 Å². The number of carbonyl (C=O) groups excluding carboxylic acids is 1. The first-order valence-corrected chi connectivity index (χ1v) is 8.19. The molecule has 1 saturated carbocycles. The first kappa shape index (κ1) is 16.7. The van der Waals surface area contributed by atoms with Crippen LogP contribution in [0.4, 0.5) is 4.79 Å². The van der Waals surface area contributed by atoms with Gasteiger partial charge < -0.3 is 15.7 Å². The van der Waals surface area contributed by atoms with Gasteiger partial charge in [0.05, 0.1) is 6.10 Å². The number of hydrogen-bond donors (Lipinski definition) is 3. The maximum absolute atomic E-state index is 11.9. The van der Waals surface area contributed by atoms with Gasteiger partial charge in [-0.05, 0) is 36.0 Å². The first-order valence-electron chi connectivity index (χ1n) is 8.19. The Hall–Kier alpha value is -1.62. The number of aliphatic hydroxyl groups excluding tert-OH is 1. The molecule has 1 fully saturated rings. The van der Waals surface area contributed by atoms with Crippen molar-refractivity contribution in [2.75, 3.05) is 13.1 Å². The van der Waals surface area contributed by atoms with Crippen LogP contribution in [0.3, 0.4) is 0 Å². The van der Waals surface area contributed by atoms with Crippen LogP contribution in [-0.4, -0.2) is 29.2 Å². The normalized spacial score (nSPS) is 19.0. The van der Waals surface area contributed by atoms with Crippen LogP contribution in [0.2, 0.25) is 0 Å². The number of hydrogen-bond acceptors (Lipinski definition) is 3. The predicted octanol–water partition coefficient (Wildman–Crippen LogP) is 2.77. The van der Waals surface area contributed by atoms with Gasteiger partial charge in [-0.1, -0.05) is 32.6 Å². The molecule has 1 aliphatic carbocycles. The number of aliphatic hydroxyl groups is 1. The van der Waals surface area contributed by atoms with Crippen LogP contribution in [0.1, 0.15) is 57.1 Å². The third kappa shape index (κ3) is 5.30. The summed E-state index contributed by atoms with van der Waals surface area (Å²) in [6, 6.07) is 3.28. The Morgan fingerprint density at radius 1 is 1.23 bits per heavy atom. The molecule has 1 heterocycles. The van der Waals surface area contributed by atoms with Crippen molar-refractivity contribution in [3.05, 3.63) is 30.1 Å². The van der Waals surface area contributed by atoms with Gasteiger partial charge in [0.25, 0.3) is 0 Å². The number of rotatable bonds is 5. The summed E-state index contributed by atoms with van der Waals surface area (Å²) in [5, 5.41) is 15.7. The second-order valence-electron chi connectivity index (χ2n) is 6.58. The van der Waals surface area contributed by atoms with E-state index in [1.54, 1.807) is 24.5 Å². The highest BCUT2D eigenvalue weighted by atomic mass is 16.3. The van der Waals surface area contributed by atoms with Crippen LogP contribution in [0.25, 0.3) is 0 Å². The summed E-state index contributed by atoms with van der Waals surface area (Å²) in [5.41, 5.74) is 0.961. The van der Waals surface area contributed by atoms with Crippen molar-refractivity contribution in [1.82, 2.24) is 15.6 Å². The molecule has 0 aromatic carbocycles. The molecule has 1 aliphatic rings. The Labute approximate surface area is 132 Å². The molecular weight excluding hydrogens is 278 g/mol. The summed E-state index contributed by atoms with van der Waals surface area (Å²) in [6.07, 6.45) is 10.0. The van der Waals surface area contributed by atoms with E-state index in [0.29, 0.717) is 6.54 Å². The van der Waals surface area contributed by atoms with Gasteiger partial charge >= 0.3 is 6.03 Å². The molecule has 0 radical (unpaired) electrons. The fourth-order valence-corrected chi connectivity index (χ4v) is 3.01. The molecule has 2 amide bonds. The highest BCUT2D eigenvalue weighted by Crippen LogP contribution is 2.33. The van der Waals surface area contributed by atoms with Crippen molar-refractivity contribution >= 4 is 6.03 Å². The van der Waals surface area contributed by atoms with Crippen molar-refractivity contribution in [2.24, 2.45) is 5.41 Å². The maximum atomic E-state index is 11.9. The van der Waals surface area contributed by atoms with Gasteiger partial charge in [0.15, 0.2) is 0 Å². The van der Waals surface area contributed by atoms with Gasteiger partial charge in [0, 0.05) is 25.5 Å². The Kier molecular flexibility index (Phi) is 6.19. The lowest BCUT2D eigenvalue weighted by molar-refractivity contribution is 0.171. The fourth-order valence-electron chi connectivity index (χ4n) is 3.01. The zero-order valence-electron chi connectivity index (χ0n) is 13.3. The largest absolute Gasteiger partial charge is 0.387 e. The summed E-state index contributed by atoms with van der Waals surface area (Å²) >= 11 is 0. The molecule has 5 heteroatoms. The van der Waals surface area contributed by atoms with Crippen molar-refractivity contribution < 1.29 is 9.90 Å². The average molecular weight is 305 g/mol. The SMILES string of the molecule is CC1(CNC(=O)NCC(O)c2ccncc2)CCCCCC1. The van der Waals surface area contributed by atoms with E-state index in [2.05, 4.69) is 22.5 Å². The summed E-state index contributed by atoms with van der Waals surface area (Å²) in [6.45, 7) is 3.15. The summed E-state index contributed by atoms with van der Waals surface area (Å²) in [5.74, 6) is 0. The number of carbonyl (C=O) groups is 1. The fraction of sp³-hybridized carbons (Fsp3) is 0.647. The van der Waals surface area contributed by atoms with E-state index in [4.69, 9.17) is 0 Å². The molecule has 5 nitrogen and oxygen atoms in total. The highest BCUT2D eigenvalue weighted by molar-refractivity contribution is 5.73. The molecule has 1 aromatic rings. The molecule has 0 bridgehead atoms. The Morgan fingerprint density at radius 3 is 2.50 bits per heavy atom. The van der Waals surface area contributed by atoms with E-state index in [0.717, 1.165) is 5.56 Å². The van der Waals surface area contributed by atoms with E-state index in [1.165, 1.54) is 38.5 Å². The van der Waals surface area contributed by atoms with Crippen LogP contribution < -0.4 is 10.6 Å². The van der Waals surface area contributed by atoms with Gasteiger partial charge in [0.2, 0.25) is 0 Å². The van der Waals surface area contributed by atoms with Gasteiger partial charge in [-0.3, -0.25) is 4.98 Å². The molecule has 1 atom stereocenters. The molecule has 0 saturated heterocycles. The lowest BCUT2D eigenvalue weighted by Gasteiger charge is -2.28. The second kappa shape index (κ2) is 8.13. The number of pyridine rings is 1. The molecular formula is C17H27N3O2. The van der Waals surface area contributed by atoms with E-state index < -0.39 is 6.10 Å². The summed E-state index contributed by atoms with van der Waals surface area (Å²) in [7, 11) is 0. The third-order valence-electron chi connectivity index (χ3n) is 4.53. The summed E-state index contributed by atoms with van der Waals surface area (Å²) in [4.78, 5) is 15.8. The van der Waals surface area contributed by atoms with Gasteiger partial charge in [-0.2, -0.15) is 0 Å². The van der Waals surface area contributed by atoms with E-state index in [1.807, 2.05) is 0 Å². The molecule has 2 rings (SSSR count). The molecule has 1 aromatic heterocycles. The zero-order valence-corrected chi connectivity index (χ0v) is 13.3. The third-order valence-corrected chi connectivity index (χ3v) is 4.53. The van der Waals surface area contributed by atoms with E-state index in [-0.39, 0.29) is 18.0 Å². The average Bonchev–Trinajstić information content (AvgIpc) is 2.76. The van der Waals surface area contributed by atoms with Crippen LogP contribution in [-0.2, 0) is 0 Å². The van der Waals surface area contributed by atoms with Gasteiger partial charge in [0.1, 0.15) is 0 Å². The molecule has 1 unspecified atom stereocenters. The van der Waals surface area contributed by atoms with Gasteiger partial charge in [-0.15, -0.1) is 0 Å². The molecule has 22 heavy (non-hydrogen) atoms. The second-order valence-corrected chi connectivity index (χ2v) is 6.58. The predicted molar refractivity (Wildman–Crippen MR) is 86.4 cm³/mol. The lowest BCUT2D eigenvalue weighted by atomic mass is 9.82. The molecule has 0 spiro atoms.